The van der Waals surface area contributed by atoms with Gasteiger partial charge in [0.15, 0.2) is 5.82 Å². The Kier molecular flexibility index (Phi) is 3.16. The van der Waals surface area contributed by atoms with Gasteiger partial charge in [0.2, 0.25) is 5.89 Å². The predicted octanol–water partition coefficient (Wildman–Crippen LogP) is 1.89. The lowest BCUT2D eigenvalue weighted by Crippen LogP contribution is -2.43. The van der Waals surface area contributed by atoms with Gasteiger partial charge in [-0.1, -0.05) is 11.6 Å². The van der Waals surface area contributed by atoms with Crippen molar-refractivity contribution >= 4 is 5.78 Å². The Balaban J connectivity index is 1.67. The molecule has 5 heteroatoms. The summed E-state index contributed by atoms with van der Waals surface area (Å²) in [5.41, 5.74) is 0. The summed E-state index contributed by atoms with van der Waals surface area (Å²) < 4.78 is 5.25. The van der Waals surface area contributed by atoms with E-state index < -0.39 is 0 Å². The van der Waals surface area contributed by atoms with Crippen LogP contribution in [-0.2, 0) is 11.3 Å². The lowest BCUT2D eigenvalue weighted by Gasteiger charge is -2.32. The van der Waals surface area contributed by atoms with E-state index in [0.717, 1.165) is 37.5 Å². The summed E-state index contributed by atoms with van der Waals surface area (Å²) in [4.78, 5) is 18.2. The zero-order chi connectivity index (χ0) is 12.5. The van der Waals surface area contributed by atoms with Crippen LogP contribution in [0, 0.1) is 0 Å². The van der Waals surface area contributed by atoms with E-state index >= 15 is 0 Å². The minimum Gasteiger partial charge on any atom is -0.339 e. The van der Waals surface area contributed by atoms with Gasteiger partial charge in [-0.25, -0.2) is 0 Å². The highest BCUT2D eigenvalue weighted by atomic mass is 16.5. The normalized spacial score (nSPS) is 25.3. The molecule has 1 atom stereocenters. The van der Waals surface area contributed by atoms with Crippen molar-refractivity contribution in [1.82, 2.24) is 15.0 Å². The Labute approximate surface area is 107 Å². The third-order valence-corrected chi connectivity index (χ3v) is 3.84. The van der Waals surface area contributed by atoms with Gasteiger partial charge < -0.3 is 4.52 Å². The Morgan fingerprint density at radius 2 is 2.22 bits per heavy atom. The molecule has 0 bridgehead atoms. The second-order valence-corrected chi connectivity index (χ2v) is 5.42. The molecule has 5 nitrogen and oxygen atoms in total. The Morgan fingerprint density at radius 3 is 2.94 bits per heavy atom. The second kappa shape index (κ2) is 4.80. The number of likely N-dealkylation sites (tertiary alicyclic amines) is 1. The van der Waals surface area contributed by atoms with E-state index in [9.17, 15) is 4.79 Å². The number of rotatable bonds is 4. The molecule has 18 heavy (non-hydrogen) atoms. The van der Waals surface area contributed by atoms with Crippen LogP contribution in [0.5, 0.6) is 0 Å². The van der Waals surface area contributed by atoms with Gasteiger partial charge in [-0.15, -0.1) is 0 Å². The number of hydrogen-bond acceptors (Lipinski definition) is 5. The van der Waals surface area contributed by atoms with Crippen molar-refractivity contribution in [1.29, 1.82) is 0 Å². The molecular weight excluding hydrogens is 230 g/mol. The topological polar surface area (TPSA) is 59.2 Å². The first-order chi connectivity index (χ1) is 8.74. The zero-order valence-corrected chi connectivity index (χ0v) is 10.8. The standard InChI is InChI=1S/C13H19N3O2/c1-9(17)11-4-2-3-7-16(11)8-12-14-13(18-15-12)10-5-6-10/h10-11H,2-8H2,1H3. The third-order valence-electron chi connectivity index (χ3n) is 3.84. The van der Waals surface area contributed by atoms with Gasteiger partial charge in [0.05, 0.1) is 12.6 Å². The molecule has 1 aromatic heterocycles. The van der Waals surface area contributed by atoms with Crippen molar-refractivity contribution in [2.24, 2.45) is 0 Å². The first-order valence-corrected chi connectivity index (χ1v) is 6.81. The molecule has 0 aromatic carbocycles. The van der Waals surface area contributed by atoms with Gasteiger partial charge in [0, 0.05) is 5.92 Å². The average Bonchev–Trinajstić information content (AvgIpc) is 3.11. The number of carbonyl (C=O) groups is 1. The summed E-state index contributed by atoms with van der Waals surface area (Å²) in [5.74, 6) is 2.25. The largest absolute Gasteiger partial charge is 0.339 e. The van der Waals surface area contributed by atoms with E-state index in [-0.39, 0.29) is 11.8 Å². The maximum Gasteiger partial charge on any atom is 0.229 e. The molecule has 1 aromatic rings. The van der Waals surface area contributed by atoms with E-state index in [4.69, 9.17) is 4.52 Å². The van der Waals surface area contributed by atoms with Crippen LogP contribution in [0.3, 0.4) is 0 Å². The molecule has 0 amide bonds. The van der Waals surface area contributed by atoms with Gasteiger partial charge in [0.1, 0.15) is 5.78 Å². The van der Waals surface area contributed by atoms with Gasteiger partial charge >= 0.3 is 0 Å². The van der Waals surface area contributed by atoms with Gasteiger partial charge in [-0.05, 0) is 39.2 Å². The van der Waals surface area contributed by atoms with Crippen LogP contribution < -0.4 is 0 Å². The van der Waals surface area contributed by atoms with E-state index in [0.29, 0.717) is 12.5 Å². The summed E-state index contributed by atoms with van der Waals surface area (Å²) in [6.07, 6.45) is 5.59. The van der Waals surface area contributed by atoms with E-state index in [1.54, 1.807) is 6.92 Å². The van der Waals surface area contributed by atoms with Crippen molar-refractivity contribution in [3.63, 3.8) is 0 Å². The molecule has 1 aliphatic heterocycles. The monoisotopic (exact) mass is 249 g/mol. The summed E-state index contributed by atoms with van der Waals surface area (Å²) in [7, 11) is 0. The summed E-state index contributed by atoms with van der Waals surface area (Å²) in [6.45, 7) is 3.27. The Bertz CT molecular complexity index is 439. The van der Waals surface area contributed by atoms with Crippen LogP contribution in [0.2, 0.25) is 0 Å². The van der Waals surface area contributed by atoms with Gasteiger partial charge in [-0.2, -0.15) is 4.98 Å². The number of Topliss-reactive ketones (excluding diaryl/α,β-unsaturated/α-hetero) is 1. The van der Waals surface area contributed by atoms with Crippen LogP contribution in [0.15, 0.2) is 4.52 Å². The average molecular weight is 249 g/mol. The maximum atomic E-state index is 11.6. The van der Waals surface area contributed by atoms with Crippen molar-refractivity contribution in [2.45, 2.75) is 57.5 Å². The molecule has 1 unspecified atom stereocenters. The molecule has 0 spiro atoms. The molecule has 1 aliphatic carbocycles. The maximum absolute atomic E-state index is 11.6. The Morgan fingerprint density at radius 1 is 1.39 bits per heavy atom. The fourth-order valence-electron chi connectivity index (χ4n) is 2.65. The lowest BCUT2D eigenvalue weighted by atomic mass is 9.99. The third kappa shape index (κ3) is 2.46. The quantitative estimate of drug-likeness (QED) is 0.815. The van der Waals surface area contributed by atoms with Crippen LogP contribution in [0.4, 0.5) is 0 Å². The Hall–Kier alpha value is -1.23. The highest BCUT2D eigenvalue weighted by Gasteiger charge is 2.31. The lowest BCUT2D eigenvalue weighted by molar-refractivity contribution is -0.123. The fraction of sp³-hybridized carbons (Fsp3) is 0.769. The zero-order valence-electron chi connectivity index (χ0n) is 10.8. The van der Waals surface area contributed by atoms with Crippen LogP contribution in [-0.4, -0.2) is 33.4 Å². The molecule has 3 rings (SSSR count). The van der Waals surface area contributed by atoms with Gasteiger partial charge in [0.25, 0.3) is 0 Å². The van der Waals surface area contributed by atoms with E-state index in [2.05, 4.69) is 15.0 Å². The van der Waals surface area contributed by atoms with Crippen molar-refractivity contribution in [3.8, 4) is 0 Å². The highest BCUT2D eigenvalue weighted by molar-refractivity contribution is 5.81. The van der Waals surface area contributed by atoms with Crippen molar-refractivity contribution < 1.29 is 9.32 Å². The van der Waals surface area contributed by atoms with E-state index in [1.165, 1.54) is 12.8 Å². The number of nitrogens with zero attached hydrogens (tertiary/aromatic N) is 3. The van der Waals surface area contributed by atoms with Crippen LogP contribution in [0.25, 0.3) is 0 Å². The SMILES string of the molecule is CC(=O)C1CCCCN1Cc1noc(C2CC2)n1. The van der Waals surface area contributed by atoms with Crippen molar-refractivity contribution in [3.05, 3.63) is 11.7 Å². The molecule has 2 aliphatic rings. The molecule has 2 fully saturated rings. The molecule has 1 saturated carbocycles. The number of aromatic nitrogens is 2. The van der Waals surface area contributed by atoms with Crippen LogP contribution >= 0.6 is 0 Å². The minimum absolute atomic E-state index is 0.0432. The number of ketones is 1. The first-order valence-electron chi connectivity index (χ1n) is 6.81. The minimum atomic E-state index is 0.0432. The molecule has 98 valence electrons. The number of hydrogen-bond donors (Lipinski definition) is 0. The summed E-state index contributed by atoms with van der Waals surface area (Å²) >= 11 is 0. The van der Waals surface area contributed by atoms with E-state index in [1.807, 2.05) is 0 Å². The number of carbonyl (C=O) groups excluding carboxylic acids is 1. The molecule has 2 heterocycles. The predicted molar refractivity (Wildman–Crippen MR) is 65.0 cm³/mol. The molecule has 0 radical (unpaired) electrons. The number of piperidine rings is 1. The van der Waals surface area contributed by atoms with Crippen molar-refractivity contribution in [2.75, 3.05) is 6.54 Å². The first kappa shape index (κ1) is 11.8. The van der Waals surface area contributed by atoms with Crippen LogP contribution in [0.1, 0.15) is 56.7 Å². The molecule has 1 saturated heterocycles. The molecular formula is C13H19N3O2. The highest BCUT2D eigenvalue weighted by Crippen LogP contribution is 2.38. The second-order valence-electron chi connectivity index (χ2n) is 5.42. The van der Waals surface area contributed by atoms with Gasteiger partial charge in [-0.3, -0.25) is 9.69 Å². The summed E-state index contributed by atoms with van der Waals surface area (Å²) in [6, 6.07) is 0.0432. The summed E-state index contributed by atoms with van der Waals surface area (Å²) in [5, 5.41) is 4.03. The fourth-order valence-corrected chi connectivity index (χ4v) is 2.65. The molecule has 0 N–H and O–H groups in total. The smallest absolute Gasteiger partial charge is 0.229 e.